The molecule has 2 saturated heterocycles. The topological polar surface area (TPSA) is 86.4 Å². The Morgan fingerprint density at radius 1 is 1.12 bits per heavy atom. The summed E-state index contributed by atoms with van der Waals surface area (Å²) in [5.74, 6) is -1.14. The normalized spacial score (nSPS) is 20.4. The van der Waals surface area contributed by atoms with Crippen molar-refractivity contribution in [3.8, 4) is 0 Å². The number of pyridine rings is 2. The lowest BCUT2D eigenvalue weighted by atomic mass is 9.91. The number of aryl methyl sites for hydroxylation is 1. The highest BCUT2D eigenvalue weighted by Crippen LogP contribution is 2.32. The van der Waals surface area contributed by atoms with Crippen molar-refractivity contribution in [3.05, 3.63) is 75.5 Å². The fourth-order valence-corrected chi connectivity index (χ4v) is 4.92. The number of aromatic nitrogens is 2. The van der Waals surface area contributed by atoms with Crippen molar-refractivity contribution in [2.75, 3.05) is 19.6 Å². The third-order valence-electron chi connectivity index (χ3n) is 6.53. The minimum absolute atomic E-state index is 0.0556. The Labute approximate surface area is 183 Å². The lowest BCUT2D eigenvalue weighted by Gasteiger charge is -2.36. The molecular weight excluding hydrogens is 411 g/mol. The second-order valence-corrected chi connectivity index (χ2v) is 8.62. The number of nitrogens with one attached hydrogen (secondary N) is 1. The van der Waals surface area contributed by atoms with Gasteiger partial charge in [0.2, 0.25) is 0 Å². The number of likely N-dealkylation sites (tertiary alicyclic amines) is 2. The van der Waals surface area contributed by atoms with Crippen molar-refractivity contribution in [1.82, 2.24) is 19.8 Å². The minimum atomic E-state index is -0.542. The van der Waals surface area contributed by atoms with E-state index < -0.39 is 11.4 Å². The summed E-state index contributed by atoms with van der Waals surface area (Å²) in [7, 11) is 0. The van der Waals surface area contributed by atoms with E-state index in [0.29, 0.717) is 30.7 Å². The number of hydrogen-bond acceptors (Lipinski definition) is 4. The maximum absolute atomic E-state index is 14.3. The number of fused-ring (bicyclic) bond motifs is 2. The summed E-state index contributed by atoms with van der Waals surface area (Å²) in [5, 5.41) is 0.683. The number of aromatic amines is 1. The van der Waals surface area contributed by atoms with E-state index in [2.05, 4.69) is 9.97 Å². The molecule has 0 unspecified atom stereocenters. The number of piperidine rings is 1. The van der Waals surface area contributed by atoms with E-state index in [1.165, 1.54) is 6.07 Å². The summed E-state index contributed by atoms with van der Waals surface area (Å²) in [4.78, 5) is 49.1. The van der Waals surface area contributed by atoms with Crippen molar-refractivity contribution >= 4 is 22.8 Å². The zero-order chi connectivity index (χ0) is 22.4. The SMILES string of the molecule is Cc1ccc(F)c(C(=O)N2C[C@H]3CCCN(C(=O)c4cc5cccnc5[nH]c4=O)[C@H]3C2)c1. The molecule has 2 fully saturated rings. The summed E-state index contributed by atoms with van der Waals surface area (Å²) >= 11 is 0. The van der Waals surface area contributed by atoms with Gasteiger partial charge in [0.1, 0.15) is 17.0 Å². The van der Waals surface area contributed by atoms with Crippen LogP contribution in [0.25, 0.3) is 11.0 Å². The van der Waals surface area contributed by atoms with Gasteiger partial charge in [-0.2, -0.15) is 0 Å². The molecule has 5 rings (SSSR count). The number of benzene rings is 1. The van der Waals surface area contributed by atoms with Crippen LogP contribution in [0.4, 0.5) is 4.39 Å². The lowest BCUT2D eigenvalue weighted by Crippen LogP contribution is -2.49. The first-order chi connectivity index (χ1) is 15.4. The largest absolute Gasteiger partial charge is 0.336 e. The van der Waals surface area contributed by atoms with Crippen molar-refractivity contribution in [2.24, 2.45) is 5.92 Å². The van der Waals surface area contributed by atoms with Crippen LogP contribution in [-0.2, 0) is 0 Å². The molecule has 164 valence electrons. The van der Waals surface area contributed by atoms with Crippen LogP contribution in [0.5, 0.6) is 0 Å². The van der Waals surface area contributed by atoms with Gasteiger partial charge in [-0.3, -0.25) is 14.4 Å². The van der Waals surface area contributed by atoms with E-state index in [0.717, 1.165) is 18.4 Å². The average molecular weight is 434 g/mol. The summed E-state index contributed by atoms with van der Waals surface area (Å²) in [6, 6.07) is 9.42. The molecule has 3 aromatic rings. The van der Waals surface area contributed by atoms with Crippen LogP contribution in [0, 0.1) is 18.7 Å². The third-order valence-corrected chi connectivity index (χ3v) is 6.53. The molecule has 1 N–H and O–H groups in total. The minimum Gasteiger partial charge on any atom is -0.336 e. The molecule has 1 aromatic carbocycles. The second-order valence-electron chi connectivity index (χ2n) is 8.62. The predicted molar refractivity (Wildman–Crippen MR) is 117 cm³/mol. The molecule has 0 radical (unpaired) electrons. The molecule has 7 nitrogen and oxygen atoms in total. The summed E-state index contributed by atoms with van der Waals surface area (Å²) in [5.41, 5.74) is 0.897. The molecule has 2 aromatic heterocycles. The van der Waals surface area contributed by atoms with E-state index in [9.17, 15) is 18.8 Å². The number of hydrogen-bond donors (Lipinski definition) is 1. The fourth-order valence-electron chi connectivity index (χ4n) is 4.92. The molecule has 0 saturated carbocycles. The second kappa shape index (κ2) is 7.85. The summed E-state index contributed by atoms with van der Waals surface area (Å²) in [6.45, 7) is 3.14. The quantitative estimate of drug-likeness (QED) is 0.672. The molecule has 32 heavy (non-hydrogen) atoms. The summed E-state index contributed by atoms with van der Waals surface area (Å²) < 4.78 is 14.3. The van der Waals surface area contributed by atoms with E-state index in [4.69, 9.17) is 0 Å². The zero-order valence-electron chi connectivity index (χ0n) is 17.7. The number of H-pyrrole nitrogens is 1. The number of rotatable bonds is 2. The Kier molecular flexibility index (Phi) is 5.00. The first-order valence-electron chi connectivity index (χ1n) is 10.8. The van der Waals surface area contributed by atoms with Gasteiger partial charge < -0.3 is 14.8 Å². The molecule has 2 amide bonds. The number of nitrogens with zero attached hydrogens (tertiary/aromatic N) is 3. The molecule has 4 heterocycles. The van der Waals surface area contributed by atoms with Gasteiger partial charge in [0, 0.05) is 31.2 Å². The van der Waals surface area contributed by atoms with Crippen LogP contribution in [0.15, 0.2) is 47.4 Å². The molecule has 8 heteroatoms. The highest BCUT2D eigenvalue weighted by molar-refractivity contribution is 5.97. The number of amides is 2. The number of carbonyl (C=O) groups is 2. The van der Waals surface area contributed by atoms with Crippen molar-refractivity contribution in [3.63, 3.8) is 0 Å². The highest BCUT2D eigenvalue weighted by atomic mass is 19.1. The van der Waals surface area contributed by atoms with Crippen molar-refractivity contribution < 1.29 is 14.0 Å². The summed E-state index contributed by atoms with van der Waals surface area (Å²) in [6.07, 6.45) is 3.25. The predicted octanol–water partition coefficient (Wildman–Crippen LogP) is 2.75. The third kappa shape index (κ3) is 3.45. The Balaban J connectivity index is 1.42. The van der Waals surface area contributed by atoms with Crippen LogP contribution < -0.4 is 5.56 Å². The van der Waals surface area contributed by atoms with Crippen LogP contribution in [0.2, 0.25) is 0 Å². The molecular formula is C24H23FN4O3. The number of halogens is 1. The van der Waals surface area contributed by atoms with E-state index in [-0.39, 0.29) is 34.9 Å². The molecule has 0 aliphatic carbocycles. The lowest BCUT2D eigenvalue weighted by molar-refractivity contribution is 0.0562. The van der Waals surface area contributed by atoms with Gasteiger partial charge in [0.05, 0.1) is 11.6 Å². The van der Waals surface area contributed by atoms with Gasteiger partial charge in [-0.1, -0.05) is 11.6 Å². The molecule has 2 atom stereocenters. The van der Waals surface area contributed by atoms with Gasteiger partial charge in [0.25, 0.3) is 17.4 Å². The molecule has 2 aliphatic heterocycles. The van der Waals surface area contributed by atoms with Crippen LogP contribution in [0.3, 0.4) is 0 Å². The standard InChI is InChI=1S/C24H23FN4O3/c1-14-6-7-19(25)17(10-14)23(31)28-12-16-5-3-9-29(20(16)13-28)24(32)18-11-15-4-2-8-26-21(15)27-22(18)30/h2,4,6-8,10-11,16,20H,3,5,9,12-13H2,1H3,(H,26,27,30)/t16-,20+/m1/s1. The Bertz CT molecular complexity index is 1290. The average Bonchev–Trinajstić information content (AvgIpc) is 3.24. The van der Waals surface area contributed by atoms with Gasteiger partial charge in [-0.25, -0.2) is 9.37 Å². The monoisotopic (exact) mass is 434 g/mol. The van der Waals surface area contributed by atoms with Gasteiger partial charge in [0.15, 0.2) is 0 Å². The number of carbonyl (C=O) groups excluding carboxylic acids is 2. The maximum atomic E-state index is 14.3. The Morgan fingerprint density at radius 3 is 2.81 bits per heavy atom. The van der Waals surface area contributed by atoms with Gasteiger partial charge in [-0.15, -0.1) is 0 Å². The van der Waals surface area contributed by atoms with Gasteiger partial charge in [-0.05, 0) is 56.0 Å². The molecule has 2 aliphatic rings. The molecule has 0 bridgehead atoms. The highest BCUT2D eigenvalue weighted by Gasteiger charge is 2.43. The maximum Gasteiger partial charge on any atom is 0.262 e. The fraction of sp³-hybridized carbons (Fsp3) is 0.333. The van der Waals surface area contributed by atoms with Crippen molar-refractivity contribution in [2.45, 2.75) is 25.8 Å². The van der Waals surface area contributed by atoms with Crippen LogP contribution in [0.1, 0.15) is 39.1 Å². The smallest absolute Gasteiger partial charge is 0.262 e. The zero-order valence-corrected chi connectivity index (χ0v) is 17.7. The van der Waals surface area contributed by atoms with E-state index >= 15 is 0 Å². The van der Waals surface area contributed by atoms with Crippen LogP contribution in [-0.4, -0.2) is 57.3 Å². The Morgan fingerprint density at radius 2 is 1.97 bits per heavy atom. The first-order valence-corrected chi connectivity index (χ1v) is 10.8. The van der Waals surface area contributed by atoms with Gasteiger partial charge >= 0.3 is 0 Å². The molecule has 0 spiro atoms. The van der Waals surface area contributed by atoms with E-state index in [1.54, 1.807) is 46.3 Å². The van der Waals surface area contributed by atoms with Crippen molar-refractivity contribution in [1.29, 1.82) is 0 Å². The van der Waals surface area contributed by atoms with Crippen LogP contribution >= 0.6 is 0 Å². The first kappa shape index (κ1) is 20.4. The Hall–Kier alpha value is -3.55. The van der Waals surface area contributed by atoms with E-state index in [1.807, 2.05) is 6.92 Å².